The van der Waals surface area contributed by atoms with E-state index in [0.29, 0.717) is 31.0 Å². The van der Waals surface area contributed by atoms with Crippen molar-refractivity contribution in [3.05, 3.63) is 24.2 Å². The number of carbonyl (C=O) groups is 1. The van der Waals surface area contributed by atoms with Crippen LogP contribution in [0.5, 0.6) is 0 Å². The summed E-state index contributed by atoms with van der Waals surface area (Å²) in [5.74, 6) is 0.886. The van der Waals surface area contributed by atoms with Gasteiger partial charge in [0, 0.05) is 20.0 Å². The minimum Gasteiger partial charge on any atom is -0.468 e. The van der Waals surface area contributed by atoms with Crippen molar-refractivity contribution in [1.82, 2.24) is 9.80 Å². The van der Waals surface area contributed by atoms with E-state index >= 15 is 0 Å². The van der Waals surface area contributed by atoms with Gasteiger partial charge < -0.3 is 15.1 Å². The zero-order chi connectivity index (χ0) is 13.5. The van der Waals surface area contributed by atoms with E-state index in [9.17, 15) is 4.79 Å². The summed E-state index contributed by atoms with van der Waals surface area (Å²) in [5, 5.41) is 0. The maximum absolute atomic E-state index is 11.9. The first-order valence-corrected chi connectivity index (χ1v) is 6.13. The monoisotopic (exact) mass is 269 g/mol. The highest BCUT2D eigenvalue weighted by Gasteiger charge is 2.12. The first-order valence-electron chi connectivity index (χ1n) is 5.72. The molecule has 18 heavy (non-hydrogen) atoms. The van der Waals surface area contributed by atoms with Crippen molar-refractivity contribution >= 4 is 23.1 Å². The topological polar surface area (TPSA) is 62.7 Å². The summed E-state index contributed by atoms with van der Waals surface area (Å²) in [6.45, 7) is 1.51. The minimum absolute atomic E-state index is 0.0420. The third-order valence-corrected chi connectivity index (χ3v) is 2.73. The molecule has 0 unspecified atom stereocenters. The second-order valence-electron chi connectivity index (χ2n) is 4.28. The first-order chi connectivity index (χ1) is 8.49. The molecule has 6 heteroatoms. The Balaban J connectivity index is 2.32. The van der Waals surface area contributed by atoms with Crippen molar-refractivity contribution in [3.63, 3.8) is 0 Å². The van der Waals surface area contributed by atoms with Gasteiger partial charge in [-0.1, -0.05) is 12.2 Å². The Labute approximate surface area is 113 Å². The number of carbonyl (C=O) groups excluding carboxylic acids is 1. The molecule has 0 saturated carbocycles. The Kier molecular flexibility index (Phi) is 5.80. The third kappa shape index (κ3) is 5.29. The molecule has 1 heterocycles. The van der Waals surface area contributed by atoms with Gasteiger partial charge in [0.2, 0.25) is 5.91 Å². The lowest BCUT2D eigenvalue weighted by Crippen LogP contribution is -2.37. The number of hydrogen-bond acceptors (Lipinski definition) is 4. The van der Waals surface area contributed by atoms with Crippen LogP contribution in [-0.2, 0) is 11.3 Å². The van der Waals surface area contributed by atoms with Crippen LogP contribution in [0.1, 0.15) is 12.2 Å². The number of furan rings is 1. The minimum atomic E-state index is 0.0420. The van der Waals surface area contributed by atoms with E-state index in [4.69, 9.17) is 22.4 Å². The Morgan fingerprint density at radius 2 is 2.22 bits per heavy atom. The number of thiocarbonyl (C=S) groups is 1. The molecule has 0 spiro atoms. The number of nitrogens with two attached hydrogens (primary N) is 1. The van der Waals surface area contributed by atoms with E-state index in [-0.39, 0.29) is 5.91 Å². The highest BCUT2D eigenvalue weighted by Crippen LogP contribution is 2.03. The highest BCUT2D eigenvalue weighted by atomic mass is 32.1. The molecular weight excluding hydrogens is 250 g/mol. The van der Waals surface area contributed by atoms with E-state index in [0.717, 1.165) is 5.76 Å². The summed E-state index contributed by atoms with van der Waals surface area (Å²) in [5.41, 5.74) is 5.40. The van der Waals surface area contributed by atoms with Crippen LogP contribution >= 0.6 is 12.2 Å². The lowest BCUT2D eigenvalue weighted by molar-refractivity contribution is -0.130. The summed E-state index contributed by atoms with van der Waals surface area (Å²) in [6.07, 6.45) is 2.18. The SMILES string of the molecule is CN(CC(=O)N(C)CCC(N)=S)Cc1ccco1. The number of amides is 1. The van der Waals surface area contributed by atoms with Gasteiger partial charge in [-0.15, -0.1) is 0 Å². The van der Waals surface area contributed by atoms with E-state index in [1.807, 2.05) is 24.1 Å². The van der Waals surface area contributed by atoms with Gasteiger partial charge >= 0.3 is 0 Å². The fourth-order valence-electron chi connectivity index (χ4n) is 1.48. The quantitative estimate of drug-likeness (QED) is 0.743. The molecule has 0 fully saturated rings. The summed E-state index contributed by atoms with van der Waals surface area (Å²) in [4.78, 5) is 15.8. The molecule has 0 aliphatic rings. The lowest BCUT2D eigenvalue weighted by Gasteiger charge is -2.21. The van der Waals surface area contributed by atoms with Gasteiger partial charge in [-0.25, -0.2) is 0 Å². The molecule has 5 nitrogen and oxygen atoms in total. The standard InChI is InChI=1S/C12H19N3O2S/c1-14(8-10-4-3-7-17-10)9-12(16)15(2)6-5-11(13)18/h3-4,7H,5-6,8-9H2,1-2H3,(H2,13,18). The molecule has 1 rings (SSSR count). The fraction of sp³-hybridized carbons (Fsp3) is 0.500. The number of nitrogens with zero attached hydrogens (tertiary/aromatic N) is 2. The van der Waals surface area contributed by atoms with E-state index < -0.39 is 0 Å². The van der Waals surface area contributed by atoms with E-state index in [1.54, 1.807) is 18.2 Å². The van der Waals surface area contributed by atoms with Crippen LogP contribution < -0.4 is 5.73 Å². The normalized spacial score (nSPS) is 10.6. The molecule has 100 valence electrons. The number of hydrogen-bond donors (Lipinski definition) is 1. The van der Waals surface area contributed by atoms with Crippen LogP contribution in [0.3, 0.4) is 0 Å². The summed E-state index contributed by atoms with van der Waals surface area (Å²) in [7, 11) is 3.63. The smallest absolute Gasteiger partial charge is 0.236 e. The maximum atomic E-state index is 11.9. The molecule has 0 radical (unpaired) electrons. The Morgan fingerprint density at radius 3 is 2.78 bits per heavy atom. The van der Waals surface area contributed by atoms with Crippen molar-refractivity contribution in [2.24, 2.45) is 5.73 Å². The number of rotatable bonds is 7. The molecule has 1 aromatic rings. The maximum Gasteiger partial charge on any atom is 0.236 e. The highest BCUT2D eigenvalue weighted by molar-refractivity contribution is 7.80. The predicted octanol–water partition coefficient (Wildman–Crippen LogP) is 0.846. The Hall–Kier alpha value is -1.40. The van der Waals surface area contributed by atoms with Gasteiger partial charge in [0.1, 0.15) is 5.76 Å². The van der Waals surface area contributed by atoms with Crippen molar-refractivity contribution in [2.45, 2.75) is 13.0 Å². The third-order valence-electron chi connectivity index (χ3n) is 2.53. The average molecular weight is 269 g/mol. The van der Waals surface area contributed by atoms with Crippen LogP contribution in [0.15, 0.2) is 22.8 Å². The first kappa shape index (κ1) is 14.7. The number of likely N-dealkylation sites (N-methyl/N-ethyl adjacent to an activating group) is 2. The molecule has 1 aromatic heterocycles. The lowest BCUT2D eigenvalue weighted by atomic mass is 10.3. The van der Waals surface area contributed by atoms with Crippen LogP contribution in [-0.4, -0.2) is 47.9 Å². The van der Waals surface area contributed by atoms with Crippen molar-refractivity contribution in [1.29, 1.82) is 0 Å². The van der Waals surface area contributed by atoms with Gasteiger partial charge in [-0.05, 0) is 19.2 Å². The van der Waals surface area contributed by atoms with Crippen molar-refractivity contribution in [3.8, 4) is 0 Å². The Morgan fingerprint density at radius 1 is 1.50 bits per heavy atom. The zero-order valence-corrected chi connectivity index (χ0v) is 11.6. The van der Waals surface area contributed by atoms with Crippen LogP contribution in [0.2, 0.25) is 0 Å². The Bertz CT molecular complexity index is 392. The molecular formula is C12H19N3O2S. The van der Waals surface area contributed by atoms with Gasteiger partial charge in [-0.2, -0.15) is 0 Å². The van der Waals surface area contributed by atoms with Gasteiger partial charge in [0.15, 0.2) is 0 Å². The second-order valence-corrected chi connectivity index (χ2v) is 4.81. The second kappa shape index (κ2) is 7.13. The summed E-state index contributed by atoms with van der Waals surface area (Å²) < 4.78 is 5.22. The molecule has 1 amide bonds. The molecule has 0 atom stereocenters. The van der Waals surface area contributed by atoms with Crippen LogP contribution in [0.25, 0.3) is 0 Å². The van der Waals surface area contributed by atoms with Crippen molar-refractivity contribution < 1.29 is 9.21 Å². The molecule has 0 aromatic carbocycles. The van der Waals surface area contributed by atoms with Gasteiger partial charge in [0.25, 0.3) is 0 Å². The average Bonchev–Trinajstić information content (AvgIpc) is 2.78. The summed E-state index contributed by atoms with van der Waals surface area (Å²) >= 11 is 4.78. The largest absolute Gasteiger partial charge is 0.468 e. The summed E-state index contributed by atoms with van der Waals surface area (Å²) in [6, 6.07) is 3.72. The van der Waals surface area contributed by atoms with Gasteiger partial charge in [0.05, 0.1) is 24.3 Å². The molecule has 0 saturated heterocycles. The molecule has 0 aliphatic carbocycles. The van der Waals surface area contributed by atoms with Crippen molar-refractivity contribution in [2.75, 3.05) is 27.2 Å². The zero-order valence-electron chi connectivity index (χ0n) is 10.8. The van der Waals surface area contributed by atoms with Crippen LogP contribution in [0, 0.1) is 0 Å². The molecule has 0 bridgehead atoms. The fourth-order valence-corrected chi connectivity index (χ4v) is 1.57. The van der Waals surface area contributed by atoms with E-state index in [1.165, 1.54) is 0 Å². The molecule has 0 aliphatic heterocycles. The van der Waals surface area contributed by atoms with Crippen LogP contribution in [0.4, 0.5) is 0 Å². The van der Waals surface area contributed by atoms with E-state index in [2.05, 4.69) is 0 Å². The van der Waals surface area contributed by atoms with Gasteiger partial charge in [-0.3, -0.25) is 9.69 Å². The predicted molar refractivity (Wildman–Crippen MR) is 74.1 cm³/mol. The molecule has 2 N–H and O–H groups in total.